The van der Waals surface area contributed by atoms with Crippen LogP contribution in [0.15, 0.2) is 29.4 Å². The summed E-state index contributed by atoms with van der Waals surface area (Å²) in [4.78, 5) is 29.1. The predicted octanol–water partition coefficient (Wildman–Crippen LogP) is 4.78. The van der Waals surface area contributed by atoms with Crippen molar-refractivity contribution in [3.63, 3.8) is 0 Å². The lowest BCUT2D eigenvalue weighted by molar-refractivity contribution is -0.160. The van der Waals surface area contributed by atoms with Crippen LogP contribution in [0.3, 0.4) is 0 Å². The molecule has 1 unspecified atom stereocenters. The molecule has 1 aromatic rings. The molecule has 0 spiro atoms. The van der Waals surface area contributed by atoms with Crippen molar-refractivity contribution in [3.05, 3.63) is 24.4 Å². The molecule has 1 rings (SSSR count). The van der Waals surface area contributed by atoms with Gasteiger partial charge in [-0.15, -0.1) is 0 Å². The quantitative estimate of drug-likeness (QED) is 0.231. The minimum atomic E-state index is -0.665. The molecule has 1 aromatic heterocycles. The summed E-state index contributed by atoms with van der Waals surface area (Å²) in [5.74, 6) is 0.193. The topological polar surface area (TPSA) is 74.7 Å². The van der Waals surface area contributed by atoms with Crippen LogP contribution in [0, 0.1) is 10.8 Å². The van der Waals surface area contributed by atoms with Crippen LogP contribution in [0.4, 0.5) is 0 Å². The maximum atomic E-state index is 12.5. The van der Waals surface area contributed by atoms with E-state index >= 15 is 0 Å². The molecule has 1 heterocycles. The van der Waals surface area contributed by atoms with E-state index in [1.165, 1.54) is 0 Å². The Labute approximate surface area is 182 Å². The Bertz CT molecular complexity index is 627. The highest BCUT2D eigenvalue weighted by Gasteiger charge is 2.37. The van der Waals surface area contributed by atoms with Gasteiger partial charge in [0.05, 0.1) is 17.4 Å². The molecule has 0 aromatic carbocycles. The van der Waals surface area contributed by atoms with Gasteiger partial charge in [0.1, 0.15) is 18.2 Å². The monoisotopic (exact) mass is 443 g/mol. The zero-order valence-electron chi connectivity index (χ0n) is 18.1. The zero-order valence-corrected chi connectivity index (χ0v) is 19.7. The minimum Gasteiger partial charge on any atom is -0.464 e. The van der Waals surface area contributed by atoms with Gasteiger partial charge < -0.3 is 14.2 Å². The summed E-state index contributed by atoms with van der Waals surface area (Å²) in [7, 11) is 4.73. The summed E-state index contributed by atoms with van der Waals surface area (Å²) >= 11 is 0. The highest BCUT2D eigenvalue weighted by Crippen LogP contribution is 2.35. The third-order valence-electron chi connectivity index (χ3n) is 4.83. The number of aromatic nitrogens is 1. The number of rotatable bonds is 14. The number of nitrogens with zero attached hydrogens (tertiary/aromatic N) is 1. The summed E-state index contributed by atoms with van der Waals surface area (Å²) in [6, 6.07) is 5.76. The molecule has 0 bridgehead atoms. The van der Waals surface area contributed by atoms with Crippen molar-refractivity contribution in [3.8, 4) is 0 Å². The molecule has 1 atom stereocenters. The van der Waals surface area contributed by atoms with Gasteiger partial charge in [0.25, 0.3) is 0 Å². The molecular weight excluding hydrogens is 410 g/mol. The molecule has 0 aliphatic heterocycles. The van der Waals surface area contributed by atoms with Crippen LogP contribution in [-0.2, 0) is 23.8 Å². The fraction of sp³-hybridized carbons (Fsp3) is 0.667. The molecule has 0 aliphatic carbocycles. The lowest BCUT2D eigenvalue weighted by atomic mass is 9.76. The lowest BCUT2D eigenvalue weighted by Crippen LogP contribution is -2.34. The molecule has 0 aliphatic rings. The Morgan fingerprint density at radius 3 is 2.38 bits per heavy atom. The minimum absolute atomic E-state index is 0.241. The second-order valence-corrected chi connectivity index (χ2v) is 10.1. The number of esters is 2. The number of carbonyl (C=O) groups excluding carboxylic acids is 2. The van der Waals surface area contributed by atoms with E-state index in [0.29, 0.717) is 38.2 Å². The number of ether oxygens (including phenoxy) is 3. The highest BCUT2D eigenvalue weighted by atomic mass is 33.1. The molecular formula is C21H33NO5S2. The van der Waals surface area contributed by atoms with Gasteiger partial charge in [0, 0.05) is 19.1 Å². The molecule has 6 nitrogen and oxygen atoms in total. The summed E-state index contributed by atoms with van der Waals surface area (Å²) in [5, 5.41) is 0.931. The number of hydrogen-bond donors (Lipinski definition) is 0. The highest BCUT2D eigenvalue weighted by molar-refractivity contribution is 8.76. The standard InChI is InChI=1S/C21H33NO5S2/c1-6-21(4,19(24)26-14-13-25-5)11-10-20(2,3)18(23)27-15-16-28-29-17-9-7-8-12-22-17/h7-9,12H,6,10-11,13-16H2,1-5H3. The Hall–Kier alpha value is -1.25. The van der Waals surface area contributed by atoms with Crippen molar-refractivity contribution in [2.75, 3.05) is 32.7 Å². The number of carbonyl (C=O) groups is 2. The van der Waals surface area contributed by atoms with Crippen LogP contribution in [0.1, 0.15) is 47.0 Å². The van der Waals surface area contributed by atoms with Crippen molar-refractivity contribution in [1.29, 1.82) is 0 Å². The van der Waals surface area contributed by atoms with Crippen LogP contribution < -0.4 is 0 Å². The molecule has 8 heteroatoms. The van der Waals surface area contributed by atoms with Crippen molar-refractivity contribution >= 4 is 33.5 Å². The van der Waals surface area contributed by atoms with Crippen molar-refractivity contribution in [2.45, 2.75) is 52.0 Å². The molecule has 0 saturated carbocycles. The fourth-order valence-electron chi connectivity index (χ4n) is 2.37. The molecule has 0 radical (unpaired) electrons. The van der Waals surface area contributed by atoms with Crippen LogP contribution in [0.5, 0.6) is 0 Å². The van der Waals surface area contributed by atoms with E-state index in [1.807, 2.05) is 45.9 Å². The van der Waals surface area contributed by atoms with Crippen LogP contribution in [0.2, 0.25) is 0 Å². The number of methoxy groups -OCH3 is 1. The van der Waals surface area contributed by atoms with E-state index in [1.54, 1.807) is 34.9 Å². The van der Waals surface area contributed by atoms with E-state index in [-0.39, 0.29) is 18.5 Å². The Morgan fingerprint density at radius 2 is 1.76 bits per heavy atom. The fourth-order valence-corrected chi connectivity index (χ4v) is 4.07. The summed E-state index contributed by atoms with van der Waals surface area (Å²) < 4.78 is 15.7. The third-order valence-corrected chi connectivity index (χ3v) is 7.06. The van der Waals surface area contributed by atoms with Crippen LogP contribution >= 0.6 is 21.6 Å². The Morgan fingerprint density at radius 1 is 1.03 bits per heavy atom. The summed E-state index contributed by atoms with van der Waals surface area (Å²) in [5.41, 5.74) is -1.29. The maximum Gasteiger partial charge on any atom is 0.311 e. The SMILES string of the molecule is CCC(C)(CCC(C)(C)C(=O)OCCSSc1ccccn1)C(=O)OCCOC. The lowest BCUT2D eigenvalue weighted by Gasteiger charge is -2.30. The van der Waals surface area contributed by atoms with Gasteiger partial charge in [-0.1, -0.05) is 23.8 Å². The van der Waals surface area contributed by atoms with E-state index in [0.717, 1.165) is 5.03 Å². The van der Waals surface area contributed by atoms with Crippen LogP contribution in [-0.4, -0.2) is 49.6 Å². The Kier molecular flexibility index (Phi) is 11.7. The average Bonchev–Trinajstić information content (AvgIpc) is 2.72. The average molecular weight is 444 g/mol. The molecule has 0 saturated heterocycles. The predicted molar refractivity (Wildman–Crippen MR) is 118 cm³/mol. The van der Waals surface area contributed by atoms with Gasteiger partial charge in [0.2, 0.25) is 0 Å². The van der Waals surface area contributed by atoms with E-state index in [4.69, 9.17) is 14.2 Å². The first-order valence-corrected chi connectivity index (χ1v) is 12.1. The number of hydrogen-bond acceptors (Lipinski definition) is 8. The normalized spacial score (nSPS) is 13.6. The van der Waals surface area contributed by atoms with Crippen molar-refractivity contribution < 1.29 is 23.8 Å². The first-order valence-electron chi connectivity index (χ1n) is 9.79. The Balaban J connectivity index is 2.38. The number of pyridine rings is 1. The largest absolute Gasteiger partial charge is 0.464 e. The first-order chi connectivity index (χ1) is 13.7. The molecule has 164 valence electrons. The van der Waals surface area contributed by atoms with Gasteiger partial charge in [-0.3, -0.25) is 9.59 Å². The third kappa shape index (κ3) is 9.40. The molecule has 0 N–H and O–H groups in total. The smallest absolute Gasteiger partial charge is 0.311 e. The maximum absolute atomic E-state index is 12.5. The van der Waals surface area contributed by atoms with E-state index < -0.39 is 10.8 Å². The van der Waals surface area contributed by atoms with Gasteiger partial charge in [-0.25, -0.2) is 4.98 Å². The van der Waals surface area contributed by atoms with E-state index in [2.05, 4.69) is 4.98 Å². The second-order valence-electron chi connectivity index (χ2n) is 7.64. The first kappa shape index (κ1) is 25.8. The van der Waals surface area contributed by atoms with Gasteiger partial charge in [-0.05, 0) is 63.0 Å². The molecule has 0 amide bonds. The van der Waals surface area contributed by atoms with Crippen molar-refractivity contribution in [2.24, 2.45) is 10.8 Å². The second kappa shape index (κ2) is 13.1. The molecule has 29 heavy (non-hydrogen) atoms. The zero-order chi connectivity index (χ0) is 21.8. The van der Waals surface area contributed by atoms with Gasteiger partial charge in [0.15, 0.2) is 0 Å². The van der Waals surface area contributed by atoms with E-state index in [9.17, 15) is 9.59 Å². The summed E-state index contributed by atoms with van der Waals surface area (Å²) in [6.07, 6.45) is 3.50. The molecule has 0 fully saturated rings. The van der Waals surface area contributed by atoms with Crippen LogP contribution in [0.25, 0.3) is 0 Å². The van der Waals surface area contributed by atoms with Gasteiger partial charge in [-0.2, -0.15) is 0 Å². The van der Waals surface area contributed by atoms with Crippen molar-refractivity contribution in [1.82, 2.24) is 4.98 Å². The summed E-state index contributed by atoms with van der Waals surface area (Å²) in [6.45, 7) is 8.52. The van der Waals surface area contributed by atoms with Gasteiger partial charge >= 0.3 is 11.9 Å².